The molecule has 0 radical (unpaired) electrons. The third kappa shape index (κ3) is 5.75. The number of carbonyl (C=O) groups is 1. The third-order valence-corrected chi connectivity index (χ3v) is 3.22. The second kappa shape index (κ2) is 7.79. The lowest BCUT2D eigenvalue weighted by Gasteiger charge is -2.26. The molecule has 0 bridgehead atoms. The van der Waals surface area contributed by atoms with Crippen molar-refractivity contribution in [3.63, 3.8) is 0 Å². The topological polar surface area (TPSA) is 58.4 Å². The molecule has 0 atom stereocenters. The van der Waals surface area contributed by atoms with E-state index in [0.29, 0.717) is 12.5 Å². The maximum absolute atomic E-state index is 11.2. The quantitative estimate of drug-likeness (QED) is 0.740. The van der Waals surface area contributed by atoms with Crippen LogP contribution in [0.15, 0.2) is 24.3 Å². The van der Waals surface area contributed by atoms with Crippen LogP contribution in [0.3, 0.4) is 0 Å². The molecule has 0 heterocycles. The summed E-state index contributed by atoms with van der Waals surface area (Å²) >= 11 is 0. The Labute approximate surface area is 116 Å². The van der Waals surface area contributed by atoms with Crippen molar-refractivity contribution in [2.24, 2.45) is 0 Å². The van der Waals surface area contributed by atoms with Crippen molar-refractivity contribution < 1.29 is 4.79 Å². The summed E-state index contributed by atoms with van der Waals surface area (Å²) < 4.78 is 0. The Morgan fingerprint density at radius 2 is 1.95 bits per heavy atom. The number of rotatable bonds is 7. The van der Waals surface area contributed by atoms with Crippen molar-refractivity contribution in [1.29, 1.82) is 0 Å². The van der Waals surface area contributed by atoms with E-state index in [1.165, 1.54) is 5.56 Å². The average Bonchev–Trinajstić information content (AvgIpc) is 2.39. The summed E-state index contributed by atoms with van der Waals surface area (Å²) in [5.74, 6) is 0.108. The highest BCUT2D eigenvalue weighted by atomic mass is 16.1. The first-order chi connectivity index (χ1) is 9.02. The second-order valence-electron chi connectivity index (χ2n) is 5.08. The van der Waals surface area contributed by atoms with Gasteiger partial charge in [0.25, 0.3) is 0 Å². The van der Waals surface area contributed by atoms with Gasteiger partial charge < -0.3 is 11.1 Å². The van der Waals surface area contributed by atoms with E-state index in [1.807, 2.05) is 12.1 Å². The van der Waals surface area contributed by atoms with Crippen LogP contribution in [0.4, 0.5) is 5.69 Å². The van der Waals surface area contributed by atoms with Gasteiger partial charge in [-0.2, -0.15) is 0 Å². The van der Waals surface area contributed by atoms with Gasteiger partial charge in [-0.15, -0.1) is 0 Å². The number of carbonyl (C=O) groups excluding carboxylic acids is 1. The lowest BCUT2D eigenvalue weighted by atomic mass is 10.1. The van der Waals surface area contributed by atoms with Gasteiger partial charge in [0, 0.05) is 31.7 Å². The Balaban J connectivity index is 2.48. The number of nitrogens with two attached hydrogens (primary N) is 1. The van der Waals surface area contributed by atoms with Gasteiger partial charge in [-0.3, -0.25) is 9.69 Å². The van der Waals surface area contributed by atoms with Gasteiger partial charge in [-0.05, 0) is 44.5 Å². The zero-order chi connectivity index (χ0) is 14.3. The molecule has 4 nitrogen and oxygen atoms in total. The van der Waals surface area contributed by atoms with Crippen LogP contribution in [0.2, 0.25) is 0 Å². The zero-order valence-corrected chi connectivity index (χ0v) is 12.1. The van der Waals surface area contributed by atoms with Crippen LogP contribution in [-0.2, 0) is 11.3 Å². The molecule has 1 amide bonds. The fraction of sp³-hybridized carbons (Fsp3) is 0.533. The first-order valence-corrected chi connectivity index (χ1v) is 6.82. The Morgan fingerprint density at radius 1 is 1.32 bits per heavy atom. The van der Waals surface area contributed by atoms with Crippen molar-refractivity contribution in [2.45, 2.75) is 39.3 Å². The normalized spacial score (nSPS) is 11.0. The maximum atomic E-state index is 11.2. The number of nitrogens with zero attached hydrogens (tertiary/aromatic N) is 1. The summed E-state index contributed by atoms with van der Waals surface area (Å²) in [5.41, 5.74) is 7.73. The minimum atomic E-state index is 0.108. The zero-order valence-electron chi connectivity index (χ0n) is 12.1. The molecule has 0 aliphatic rings. The lowest BCUT2D eigenvalue weighted by Crippen LogP contribution is -2.32. The highest BCUT2D eigenvalue weighted by Gasteiger charge is 2.10. The van der Waals surface area contributed by atoms with E-state index in [4.69, 9.17) is 5.73 Å². The molecule has 1 aromatic rings. The van der Waals surface area contributed by atoms with Gasteiger partial charge in [0.05, 0.1) is 0 Å². The number of amides is 1. The van der Waals surface area contributed by atoms with Crippen molar-refractivity contribution in [1.82, 2.24) is 10.2 Å². The predicted molar refractivity (Wildman–Crippen MR) is 79.7 cm³/mol. The van der Waals surface area contributed by atoms with Crippen LogP contribution >= 0.6 is 0 Å². The van der Waals surface area contributed by atoms with Crippen LogP contribution in [0.5, 0.6) is 0 Å². The van der Waals surface area contributed by atoms with Gasteiger partial charge in [0.15, 0.2) is 0 Å². The molecule has 0 aromatic heterocycles. The third-order valence-electron chi connectivity index (χ3n) is 3.22. The smallest absolute Gasteiger partial charge is 0.219 e. The number of hydrogen-bond donors (Lipinski definition) is 2. The molecule has 19 heavy (non-hydrogen) atoms. The summed E-state index contributed by atoms with van der Waals surface area (Å²) in [6.45, 7) is 6.18. The molecular weight excluding hydrogens is 238 g/mol. The SMILES string of the molecule is CNC(=O)CCCN(Cc1ccc(N)cc1)C(C)C. The van der Waals surface area contributed by atoms with Gasteiger partial charge >= 0.3 is 0 Å². The average molecular weight is 263 g/mol. The van der Waals surface area contributed by atoms with E-state index in [0.717, 1.165) is 25.2 Å². The van der Waals surface area contributed by atoms with Crippen molar-refractivity contribution in [2.75, 3.05) is 19.3 Å². The molecule has 1 rings (SSSR count). The van der Waals surface area contributed by atoms with Crippen LogP contribution in [0.1, 0.15) is 32.3 Å². The highest BCUT2D eigenvalue weighted by molar-refractivity contribution is 5.75. The molecular formula is C15H25N3O. The fourth-order valence-corrected chi connectivity index (χ4v) is 1.95. The molecule has 0 fully saturated rings. The van der Waals surface area contributed by atoms with Crippen molar-refractivity contribution >= 4 is 11.6 Å². The van der Waals surface area contributed by atoms with Crippen LogP contribution in [0.25, 0.3) is 0 Å². The molecule has 4 heteroatoms. The van der Waals surface area contributed by atoms with Crippen molar-refractivity contribution in [3.8, 4) is 0 Å². The van der Waals surface area contributed by atoms with Gasteiger partial charge in [-0.1, -0.05) is 12.1 Å². The fourth-order valence-electron chi connectivity index (χ4n) is 1.95. The molecule has 3 N–H and O–H groups in total. The van der Waals surface area contributed by atoms with E-state index in [9.17, 15) is 4.79 Å². The standard InChI is InChI=1S/C15H25N3O/c1-12(2)18(10-4-5-15(19)17-3)11-13-6-8-14(16)9-7-13/h6-9,12H,4-5,10-11,16H2,1-3H3,(H,17,19). The summed E-state index contributed by atoms with van der Waals surface area (Å²) in [6, 6.07) is 8.44. The highest BCUT2D eigenvalue weighted by Crippen LogP contribution is 2.11. The first-order valence-electron chi connectivity index (χ1n) is 6.82. The van der Waals surface area contributed by atoms with E-state index in [2.05, 4.69) is 36.2 Å². The molecule has 0 aliphatic heterocycles. The Kier molecular flexibility index (Phi) is 6.36. The maximum Gasteiger partial charge on any atom is 0.219 e. The number of benzene rings is 1. The van der Waals surface area contributed by atoms with E-state index >= 15 is 0 Å². The van der Waals surface area contributed by atoms with Crippen LogP contribution < -0.4 is 11.1 Å². The summed E-state index contributed by atoms with van der Waals surface area (Å²) in [7, 11) is 1.68. The minimum Gasteiger partial charge on any atom is -0.399 e. The summed E-state index contributed by atoms with van der Waals surface area (Å²) in [4.78, 5) is 13.6. The monoisotopic (exact) mass is 263 g/mol. The minimum absolute atomic E-state index is 0.108. The van der Waals surface area contributed by atoms with Gasteiger partial charge in [0.2, 0.25) is 5.91 Å². The van der Waals surface area contributed by atoms with E-state index in [-0.39, 0.29) is 5.91 Å². The Morgan fingerprint density at radius 3 is 2.47 bits per heavy atom. The van der Waals surface area contributed by atoms with Crippen LogP contribution in [0, 0.1) is 0 Å². The summed E-state index contributed by atoms with van der Waals surface area (Å²) in [6.07, 6.45) is 1.47. The molecule has 0 saturated carbocycles. The van der Waals surface area contributed by atoms with E-state index in [1.54, 1.807) is 7.05 Å². The van der Waals surface area contributed by atoms with E-state index < -0.39 is 0 Å². The second-order valence-corrected chi connectivity index (χ2v) is 5.08. The Bertz CT molecular complexity index is 387. The van der Waals surface area contributed by atoms with Crippen molar-refractivity contribution in [3.05, 3.63) is 29.8 Å². The molecule has 106 valence electrons. The number of anilines is 1. The van der Waals surface area contributed by atoms with Gasteiger partial charge in [0.1, 0.15) is 0 Å². The molecule has 0 saturated heterocycles. The number of nitrogen functional groups attached to an aromatic ring is 1. The molecule has 0 spiro atoms. The summed E-state index contributed by atoms with van der Waals surface area (Å²) in [5, 5.41) is 2.65. The van der Waals surface area contributed by atoms with Crippen LogP contribution in [-0.4, -0.2) is 30.4 Å². The first kappa shape index (κ1) is 15.5. The molecule has 0 aliphatic carbocycles. The molecule has 1 aromatic carbocycles. The predicted octanol–water partition coefficient (Wildman–Crippen LogP) is 2.01. The number of nitrogens with one attached hydrogen (secondary N) is 1. The lowest BCUT2D eigenvalue weighted by molar-refractivity contribution is -0.120. The molecule has 0 unspecified atom stereocenters. The largest absolute Gasteiger partial charge is 0.399 e. The van der Waals surface area contributed by atoms with Gasteiger partial charge in [-0.25, -0.2) is 0 Å². The Hall–Kier alpha value is -1.55. The number of hydrogen-bond acceptors (Lipinski definition) is 3.